The Balaban J connectivity index is 1.67. The maximum Gasteiger partial charge on any atom is 0.244 e. The van der Waals surface area contributed by atoms with E-state index in [-0.39, 0.29) is 12.3 Å². The van der Waals surface area contributed by atoms with Gasteiger partial charge in [-0.3, -0.25) is 4.79 Å². The van der Waals surface area contributed by atoms with Crippen LogP contribution in [0.3, 0.4) is 0 Å². The lowest BCUT2D eigenvalue weighted by molar-refractivity contribution is -0.120. The summed E-state index contributed by atoms with van der Waals surface area (Å²) in [5.74, 6) is 1.12. The smallest absolute Gasteiger partial charge is 0.244 e. The van der Waals surface area contributed by atoms with Crippen molar-refractivity contribution in [1.82, 2.24) is 5.43 Å². The summed E-state index contributed by atoms with van der Waals surface area (Å²) in [5.41, 5.74) is 4.34. The summed E-state index contributed by atoms with van der Waals surface area (Å²) < 4.78 is 11.8. The Kier molecular flexibility index (Phi) is 6.66. The summed E-state index contributed by atoms with van der Waals surface area (Å²) in [5, 5.41) is 6.19. The predicted octanol–water partition coefficient (Wildman–Crippen LogP) is 4.70. The van der Waals surface area contributed by atoms with E-state index < -0.39 is 0 Å². The average Bonchev–Trinajstić information content (AvgIpc) is 2.71. The maximum absolute atomic E-state index is 12.3. The van der Waals surface area contributed by atoms with Crippen molar-refractivity contribution in [1.29, 1.82) is 0 Å². The second kappa shape index (κ2) is 9.37. The molecule has 0 saturated carbocycles. The van der Waals surface area contributed by atoms with Gasteiger partial charge in [0.2, 0.25) is 5.91 Å². The third-order valence-corrected chi connectivity index (χ3v) is 4.89. The minimum Gasteiger partial charge on any atom is -0.493 e. The first-order valence-electron chi connectivity index (χ1n) is 8.91. The molecule has 0 aliphatic rings. The number of hydrazone groups is 1. The Morgan fingerprint density at radius 1 is 1.11 bits per heavy atom. The summed E-state index contributed by atoms with van der Waals surface area (Å²) in [6.07, 6.45) is 1.83. The summed E-state index contributed by atoms with van der Waals surface area (Å²) in [7, 11) is 1.59. The molecule has 0 heterocycles. The molecule has 0 saturated heterocycles. The number of benzene rings is 3. The number of fused-ring (bicyclic) bond motifs is 1. The molecule has 0 unspecified atom stereocenters. The highest BCUT2D eigenvalue weighted by molar-refractivity contribution is 9.10. The van der Waals surface area contributed by atoms with E-state index in [0.29, 0.717) is 18.1 Å². The van der Waals surface area contributed by atoms with Gasteiger partial charge in [-0.1, -0.05) is 46.3 Å². The van der Waals surface area contributed by atoms with E-state index in [0.717, 1.165) is 26.4 Å². The first-order valence-corrected chi connectivity index (χ1v) is 9.70. The van der Waals surface area contributed by atoms with Gasteiger partial charge in [-0.05, 0) is 53.1 Å². The SMILES string of the molecule is CCOc1ccc(/C=N/NC(=O)Cc2ccc(Br)c3ccccc23)cc1OC. The molecule has 28 heavy (non-hydrogen) atoms. The highest BCUT2D eigenvalue weighted by Gasteiger charge is 2.08. The van der Waals surface area contributed by atoms with Gasteiger partial charge in [-0.2, -0.15) is 5.10 Å². The Morgan fingerprint density at radius 3 is 2.64 bits per heavy atom. The molecule has 3 aromatic carbocycles. The number of methoxy groups -OCH3 is 1. The Bertz CT molecular complexity index is 1020. The molecule has 3 rings (SSSR count). The number of ether oxygens (including phenoxy) is 2. The molecule has 0 spiro atoms. The molecule has 3 aromatic rings. The molecule has 0 aliphatic heterocycles. The van der Waals surface area contributed by atoms with Gasteiger partial charge in [0.1, 0.15) is 0 Å². The summed E-state index contributed by atoms with van der Waals surface area (Å²) in [6.45, 7) is 2.48. The normalized spacial score (nSPS) is 11.0. The number of amides is 1. The van der Waals surface area contributed by atoms with E-state index in [2.05, 4.69) is 26.5 Å². The molecule has 0 aliphatic carbocycles. The second-order valence-corrected chi connectivity index (χ2v) is 6.92. The summed E-state index contributed by atoms with van der Waals surface area (Å²) in [6, 6.07) is 17.4. The first-order chi connectivity index (χ1) is 13.6. The van der Waals surface area contributed by atoms with E-state index in [9.17, 15) is 4.79 Å². The number of nitrogens with one attached hydrogen (secondary N) is 1. The standard InChI is InChI=1S/C22H21BrN2O3/c1-3-28-20-11-8-15(12-21(20)27-2)14-24-25-22(26)13-16-9-10-19(23)18-7-5-4-6-17(16)18/h4-12,14H,3,13H2,1-2H3,(H,25,26)/b24-14+. The molecule has 0 radical (unpaired) electrons. The van der Waals surface area contributed by atoms with Gasteiger partial charge in [0.05, 0.1) is 26.4 Å². The molecular weight excluding hydrogens is 420 g/mol. The first kappa shape index (κ1) is 19.9. The minimum atomic E-state index is -0.179. The molecule has 5 nitrogen and oxygen atoms in total. The molecule has 0 fully saturated rings. The maximum atomic E-state index is 12.3. The molecule has 6 heteroatoms. The van der Waals surface area contributed by atoms with Crippen molar-refractivity contribution in [2.24, 2.45) is 5.10 Å². The van der Waals surface area contributed by atoms with Crippen LogP contribution in [0, 0.1) is 0 Å². The molecular formula is C22H21BrN2O3. The minimum absolute atomic E-state index is 0.179. The number of carbonyl (C=O) groups excluding carboxylic acids is 1. The lowest BCUT2D eigenvalue weighted by atomic mass is 10.0. The van der Waals surface area contributed by atoms with E-state index in [1.165, 1.54) is 0 Å². The summed E-state index contributed by atoms with van der Waals surface area (Å²) >= 11 is 3.55. The topological polar surface area (TPSA) is 59.9 Å². The van der Waals surface area contributed by atoms with E-state index in [1.807, 2.05) is 61.5 Å². The highest BCUT2D eigenvalue weighted by atomic mass is 79.9. The fourth-order valence-corrected chi connectivity index (χ4v) is 3.39. The van der Waals surface area contributed by atoms with Crippen LogP contribution in [0.25, 0.3) is 10.8 Å². The van der Waals surface area contributed by atoms with Gasteiger partial charge in [0.15, 0.2) is 11.5 Å². The van der Waals surface area contributed by atoms with Gasteiger partial charge < -0.3 is 9.47 Å². The van der Waals surface area contributed by atoms with Crippen molar-refractivity contribution >= 4 is 38.8 Å². The van der Waals surface area contributed by atoms with Gasteiger partial charge in [0, 0.05) is 4.47 Å². The van der Waals surface area contributed by atoms with E-state index in [4.69, 9.17) is 9.47 Å². The van der Waals surface area contributed by atoms with Crippen molar-refractivity contribution in [3.8, 4) is 11.5 Å². The van der Waals surface area contributed by atoms with Crippen molar-refractivity contribution in [3.05, 3.63) is 70.2 Å². The number of hydrogen-bond acceptors (Lipinski definition) is 4. The Hall–Kier alpha value is -2.86. The highest BCUT2D eigenvalue weighted by Crippen LogP contribution is 2.28. The van der Waals surface area contributed by atoms with Crippen molar-refractivity contribution in [2.45, 2.75) is 13.3 Å². The van der Waals surface area contributed by atoms with Crippen LogP contribution in [0.15, 0.2) is 64.2 Å². The van der Waals surface area contributed by atoms with Crippen molar-refractivity contribution in [3.63, 3.8) is 0 Å². The summed E-state index contributed by atoms with van der Waals surface area (Å²) in [4.78, 5) is 12.3. The Labute approximate surface area is 172 Å². The lowest BCUT2D eigenvalue weighted by Gasteiger charge is -2.09. The van der Waals surface area contributed by atoms with Crippen LogP contribution >= 0.6 is 15.9 Å². The van der Waals surface area contributed by atoms with Crippen LogP contribution in [-0.4, -0.2) is 25.8 Å². The second-order valence-electron chi connectivity index (χ2n) is 6.07. The predicted molar refractivity (Wildman–Crippen MR) is 115 cm³/mol. The number of rotatable bonds is 7. The molecule has 1 N–H and O–H groups in total. The zero-order chi connectivity index (χ0) is 19.9. The molecule has 1 amide bonds. The van der Waals surface area contributed by atoms with Gasteiger partial charge in [-0.25, -0.2) is 5.43 Å². The van der Waals surface area contributed by atoms with Crippen LogP contribution in [0.1, 0.15) is 18.1 Å². The Morgan fingerprint density at radius 2 is 1.89 bits per heavy atom. The van der Waals surface area contributed by atoms with Crippen LogP contribution in [0.5, 0.6) is 11.5 Å². The van der Waals surface area contributed by atoms with Gasteiger partial charge in [-0.15, -0.1) is 0 Å². The largest absolute Gasteiger partial charge is 0.493 e. The lowest BCUT2D eigenvalue weighted by Crippen LogP contribution is -2.19. The van der Waals surface area contributed by atoms with Crippen LogP contribution in [-0.2, 0) is 11.2 Å². The fourth-order valence-electron chi connectivity index (χ4n) is 2.91. The van der Waals surface area contributed by atoms with E-state index >= 15 is 0 Å². The zero-order valence-electron chi connectivity index (χ0n) is 15.7. The molecule has 0 atom stereocenters. The van der Waals surface area contributed by atoms with E-state index in [1.54, 1.807) is 13.3 Å². The van der Waals surface area contributed by atoms with Crippen LogP contribution in [0.2, 0.25) is 0 Å². The number of carbonyl (C=O) groups is 1. The average molecular weight is 441 g/mol. The third-order valence-electron chi connectivity index (χ3n) is 4.20. The van der Waals surface area contributed by atoms with Gasteiger partial charge >= 0.3 is 0 Å². The third kappa shape index (κ3) is 4.70. The van der Waals surface area contributed by atoms with Gasteiger partial charge in [0.25, 0.3) is 0 Å². The van der Waals surface area contributed by atoms with Crippen molar-refractivity contribution in [2.75, 3.05) is 13.7 Å². The van der Waals surface area contributed by atoms with Crippen molar-refractivity contribution < 1.29 is 14.3 Å². The fraction of sp³-hybridized carbons (Fsp3) is 0.182. The van der Waals surface area contributed by atoms with Crippen LogP contribution in [0.4, 0.5) is 0 Å². The molecule has 0 bridgehead atoms. The monoisotopic (exact) mass is 440 g/mol. The number of hydrogen-bond donors (Lipinski definition) is 1. The quantitative estimate of drug-likeness (QED) is 0.427. The molecule has 0 aromatic heterocycles. The zero-order valence-corrected chi connectivity index (χ0v) is 17.3. The number of halogens is 1. The number of nitrogens with zero attached hydrogens (tertiary/aromatic N) is 1. The molecule has 144 valence electrons. The van der Waals surface area contributed by atoms with Crippen LogP contribution < -0.4 is 14.9 Å².